The van der Waals surface area contributed by atoms with E-state index in [2.05, 4.69) is 21.2 Å². The van der Waals surface area contributed by atoms with Crippen molar-refractivity contribution in [3.05, 3.63) is 93.0 Å². The molecule has 0 bridgehead atoms. The average Bonchev–Trinajstić information content (AvgIpc) is 2.94. The summed E-state index contributed by atoms with van der Waals surface area (Å²) in [5.74, 6) is -1.11. The van der Waals surface area contributed by atoms with Gasteiger partial charge in [-0.2, -0.15) is 0 Å². The normalized spacial score (nSPS) is 12.9. The maximum atomic E-state index is 12.8. The zero-order valence-corrected chi connectivity index (χ0v) is 17.4. The van der Waals surface area contributed by atoms with Crippen LogP contribution in [-0.4, -0.2) is 17.7 Å². The first kappa shape index (κ1) is 19.1. The molecule has 0 saturated heterocycles. The van der Waals surface area contributed by atoms with Crippen molar-refractivity contribution in [2.24, 2.45) is 0 Å². The number of amides is 3. The minimum absolute atomic E-state index is 0.311. The lowest BCUT2D eigenvalue weighted by Crippen LogP contribution is -2.29. The number of benzene rings is 3. The van der Waals surface area contributed by atoms with Crippen LogP contribution in [-0.2, 0) is 0 Å². The third-order valence-corrected chi connectivity index (χ3v) is 5.47. The van der Waals surface area contributed by atoms with Crippen molar-refractivity contribution < 1.29 is 14.4 Å². The van der Waals surface area contributed by atoms with Crippen molar-refractivity contribution in [3.63, 3.8) is 0 Å². The lowest BCUT2D eigenvalue weighted by molar-refractivity contribution is 0.0924. The highest BCUT2D eigenvalue weighted by Crippen LogP contribution is 2.30. The Bertz CT molecular complexity index is 1190. The molecule has 5 nitrogen and oxygen atoms in total. The number of nitrogens with one attached hydrogen (secondary N) is 1. The van der Waals surface area contributed by atoms with E-state index in [4.69, 9.17) is 0 Å². The molecular weight excluding hydrogens is 432 g/mol. The number of hydrogen-bond donors (Lipinski definition) is 1. The molecule has 1 aliphatic rings. The molecule has 4 rings (SSSR count). The number of nitrogens with zero attached hydrogens (tertiary/aromatic N) is 1. The zero-order chi connectivity index (χ0) is 20.7. The molecule has 0 atom stereocenters. The predicted molar refractivity (Wildman–Crippen MR) is 116 cm³/mol. The van der Waals surface area contributed by atoms with Gasteiger partial charge >= 0.3 is 0 Å². The molecular formula is C23H17BrN2O3. The van der Waals surface area contributed by atoms with E-state index in [1.165, 1.54) is 0 Å². The molecule has 0 saturated carbocycles. The highest BCUT2D eigenvalue weighted by atomic mass is 79.9. The molecule has 3 aromatic carbocycles. The summed E-state index contributed by atoms with van der Waals surface area (Å²) < 4.78 is 0.723. The Morgan fingerprint density at radius 3 is 2.38 bits per heavy atom. The molecule has 3 aromatic rings. The van der Waals surface area contributed by atoms with Crippen LogP contribution in [0.3, 0.4) is 0 Å². The van der Waals surface area contributed by atoms with Gasteiger partial charge in [0.2, 0.25) is 0 Å². The lowest BCUT2D eigenvalue weighted by Gasteiger charge is -2.15. The van der Waals surface area contributed by atoms with Crippen molar-refractivity contribution in [1.82, 2.24) is 0 Å². The monoisotopic (exact) mass is 448 g/mol. The molecule has 0 aromatic heterocycles. The number of aryl methyl sites for hydroxylation is 2. The van der Waals surface area contributed by atoms with Gasteiger partial charge in [0.05, 0.1) is 16.8 Å². The third-order valence-electron chi connectivity index (χ3n) is 4.98. The molecule has 1 N–H and O–H groups in total. The Labute approximate surface area is 176 Å². The largest absolute Gasteiger partial charge is 0.322 e. The molecule has 1 heterocycles. The van der Waals surface area contributed by atoms with Crippen LogP contribution in [0.25, 0.3) is 0 Å². The SMILES string of the molecule is Cc1ccc(NC(=O)c2cccc(N3C(=O)c4ccc(Br)cc4C3=O)c2)cc1C. The van der Waals surface area contributed by atoms with Crippen LogP contribution in [0.4, 0.5) is 11.4 Å². The van der Waals surface area contributed by atoms with Crippen LogP contribution in [0.5, 0.6) is 0 Å². The van der Waals surface area contributed by atoms with Crippen LogP contribution in [0.1, 0.15) is 42.2 Å². The van der Waals surface area contributed by atoms with Gasteiger partial charge in [-0.25, -0.2) is 4.90 Å². The van der Waals surface area contributed by atoms with Crippen LogP contribution in [0, 0.1) is 13.8 Å². The maximum absolute atomic E-state index is 12.8. The summed E-state index contributed by atoms with van der Waals surface area (Å²) in [5, 5.41) is 2.86. The number of fused-ring (bicyclic) bond motifs is 1. The van der Waals surface area contributed by atoms with Crippen LogP contribution >= 0.6 is 15.9 Å². The van der Waals surface area contributed by atoms with Gasteiger partial charge in [0.15, 0.2) is 0 Å². The number of carbonyl (C=O) groups excluding carboxylic acids is 3. The van der Waals surface area contributed by atoms with E-state index in [0.717, 1.165) is 20.5 Å². The first-order chi connectivity index (χ1) is 13.8. The minimum Gasteiger partial charge on any atom is -0.322 e. The molecule has 6 heteroatoms. The highest BCUT2D eigenvalue weighted by Gasteiger charge is 2.36. The number of carbonyl (C=O) groups is 3. The standard InChI is InChI=1S/C23H17BrN2O3/c1-13-6-8-17(10-14(13)2)25-21(27)15-4-3-5-18(11-15)26-22(28)19-9-7-16(24)12-20(19)23(26)29/h3-12H,1-2H3,(H,25,27). The van der Waals surface area contributed by atoms with Gasteiger partial charge in [0.25, 0.3) is 17.7 Å². The maximum Gasteiger partial charge on any atom is 0.266 e. The van der Waals surface area contributed by atoms with E-state index < -0.39 is 11.8 Å². The Kier molecular flexibility index (Phi) is 4.80. The van der Waals surface area contributed by atoms with E-state index in [-0.39, 0.29) is 5.91 Å². The summed E-state index contributed by atoms with van der Waals surface area (Å²) in [4.78, 5) is 39.3. The lowest BCUT2D eigenvalue weighted by atomic mass is 10.1. The van der Waals surface area contributed by atoms with Crippen molar-refractivity contribution in [3.8, 4) is 0 Å². The Balaban J connectivity index is 1.62. The number of hydrogen-bond acceptors (Lipinski definition) is 3. The molecule has 3 amide bonds. The van der Waals surface area contributed by atoms with Crippen LogP contribution < -0.4 is 10.2 Å². The summed E-state index contributed by atoms with van der Waals surface area (Å²) in [6.45, 7) is 3.98. The van der Waals surface area contributed by atoms with Gasteiger partial charge in [-0.05, 0) is 73.5 Å². The molecule has 29 heavy (non-hydrogen) atoms. The van der Waals surface area contributed by atoms with Gasteiger partial charge < -0.3 is 5.32 Å². The van der Waals surface area contributed by atoms with E-state index in [1.807, 2.05) is 32.0 Å². The van der Waals surface area contributed by atoms with Crippen molar-refractivity contribution in [2.75, 3.05) is 10.2 Å². The molecule has 0 aliphatic carbocycles. The summed E-state index contributed by atoms with van der Waals surface area (Å²) in [7, 11) is 0. The van der Waals surface area contributed by atoms with E-state index >= 15 is 0 Å². The fourth-order valence-corrected chi connectivity index (χ4v) is 3.62. The molecule has 0 fully saturated rings. The van der Waals surface area contributed by atoms with Crippen molar-refractivity contribution in [1.29, 1.82) is 0 Å². The first-order valence-electron chi connectivity index (χ1n) is 9.02. The molecule has 0 radical (unpaired) electrons. The minimum atomic E-state index is -0.405. The topological polar surface area (TPSA) is 66.5 Å². The van der Waals surface area contributed by atoms with Gasteiger partial charge in [0, 0.05) is 15.7 Å². The average molecular weight is 449 g/mol. The Morgan fingerprint density at radius 2 is 1.62 bits per heavy atom. The third kappa shape index (κ3) is 3.47. The molecule has 0 unspecified atom stereocenters. The predicted octanol–water partition coefficient (Wildman–Crippen LogP) is 5.12. The van der Waals surface area contributed by atoms with Crippen molar-refractivity contribution in [2.45, 2.75) is 13.8 Å². The zero-order valence-electron chi connectivity index (χ0n) is 15.8. The number of halogens is 1. The summed E-state index contributed by atoms with van der Waals surface area (Å²) in [6, 6.07) is 17.2. The summed E-state index contributed by atoms with van der Waals surface area (Å²) >= 11 is 3.33. The van der Waals surface area contributed by atoms with Crippen LogP contribution in [0.15, 0.2) is 65.1 Å². The smallest absolute Gasteiger partial charge is 0.266 e. The number of rotatable bonds is 3. The molecule has 0 spiro atoms. The fraction of sp³-hybridized carbons (Fsp3) is 0.0870. The second-order valence-corrected chi connectivity index (χ2v) is 7.85. The van der Waals surface area contributed by atoms with Gasteiger partial charge in [-0.15, -0.1) is 0 Å². The first-order valence-corrected chi connectivity index (χ1v) is 9.81. The number of imide groups is 1. The summed E-state index contributed by atoms with van der Waals surface area (Å²) in [6.07, 6.45) is 0. The Hall–Kier alpha value is -3.25. The number of anilines is 2. The fourth-order valence-electron chi connectivity index (χ4n) is 3.26. The highest BCUT2D eigenvalue weighted by molar-refractivity contribution is 9.10. The molecule has 1 aliphatic heterocycles. The molecule has 144 valence electrons. The van der Waals surface area contributed by atoms with Gasteiger partial charge in [-0.3, -0.25) is 14.4 Å². The van der Waals surface area contributed by atoms with Crippen LogP contribution in [0.2, 0.25) is 0 Å². The second-order valence-electron chi connectivity index (χ2n) is 6.94. The van der Waals surface area contributed by atoms with Gasteiger partial charge in [-0.1, -0.05) is 28.1 Å². The van der Waals surface area contributed by atoms with E-state index in [9.17, 15) is 14.4 Å². The van der Waals surface area contributed by atoms with E-state index in [0.29, 0.717) is 28.1 Å². The summed E-state index contributed by atoms with van der Waals surface area (Å²) in [5.41, 5.74) is 4.32. The Morgan fingerprint density at radius 1 is 0.862 bits per heavy atom. The quantitative estimate of drug-likeness (QED) is 0.565. The van der Waals surface area contributed by atoms with E-state index in [1.54, 1.807) is 42.5 Å². The van der Waals surface area contributed by atoms with Crippen molar-refractivity contribution >= 4 is 45.0 Å². The second kappa shape index (κ2) is 7.29. The van der Waals surface area contributed by atoms with Gasteiger partial charge in [0.1, 0.15) is 0 Å².